The number of hydrogen-bond donors (Lipinski definition) is 2. The molecule has 0 spiro atoms. The van der Waals surface area contributed by atoms with Crippen LogP contribution in [0.1, 0.15) is 30.3 Å². The van der Waals surface area contributed by atoms with Gasteiger partial charge >= 0.3 is 0 Å². The maximum absolute atomic E-state index is 8.69. The van der Waals surface area contributed by atoms with Gasteiger partial charge in [0.2, 0.25) is 0 Å². The lowest BCUT2D eigenvalue weighted by atomic mass is 10.2. The maximum Gasteiger partial charge on any atom is 0.148 e. The molecule has 1 atom stereocenters. The highest BCUT2D eigenvalue weighted by Crippen LogP contribution is 2.21. The monoisotopic (exact) mass is 266 g/mol. The second-order valence-electron chi connectivity index (χ2n) is 4.64. The molecule has 20 heavy (non-hydrogen) atoms. The highest BCUT2D eigenvalue weighted by Gasteiger charge is 2.17. The van der Waals surface area contributed by atoms with Gasteiger partial charge in [-0.05, 0) is 31.5 Å². The molecule has 1 saturated heterocycles. The maximum atomic E-state index is 8.69. The van der Waals surface area contributed by atoms with Crippen LogP contribution in [-0.4, -0.2) is 21.5 Å². The Labute approximate surface area is 116 Å². The Morgan fingerprint density at radius 2 is 2.15 bits per heavy atom. The number of hydrogen-bond acceptors (Lipinski definition) is 6. The first-order valence-corrected chi connectivity index (χ1v) is 6.53. The third-order valence-electron chi connectivity index (χ3n) is 3.24. The SMILES string of the molecule is N#Cc1ccc(Nc2cnc(C3CCCN3)cn2)cn1. The summed E-state index contributed by atoms with van der Waals surface area (Å²) in [5.74, 6) is 0.665. The Hall–Kier alpha value is -2.52. The van der Waals surface area contributed by atoms with Crippen molar-refractivity contribution in [2.45, 2.75) is 18.9 Å². The lowest BCUT2D eigenvalue weighted by molar-refractivity contribution is 0.624. The predicted octanol–water partition coefficient (Wildman–Crippen LogP) is 1.91. The molecule has 3 rings (SSSR count). The minimum Gasteiger partial charge on any atom is -0.338 e. The molecular formula is C14H14N6. The first-order valence-electron chi connectivity index (χ1n) is 6.53. The van der Waals surface area contributed by atoms with Crippen molar-refractivity contribution in [3.63, 3.8) is 0 Å². The van der Waals surface area contributed by atoms with Crippen molar-refractivity contribution < 1.29 is 0 Å². The Morgan fingerprint density at radius 3 is 2.75 bits per heavy atom. The summed E-state index contributed by atoms with van der Waals surface area (Å²) in [6.45, 7) is 1.04. The van der Waals surface area contributed by atoms with Gasteiger partial charge < -0.3 is 10.6 Å². The molecule has 0 radical (unpaired) electrons. The lowest BCUT2D eigenvalue weighted by Gasteiger charge is -2.10. The minimum atomic E-state index is 0.327. The molecular weight excluding hydrogens is 252 g/mol. The number of anilines is 2. The summed E-state index contributed by atoms with van der Waals surface area (Å²) in [4.78, 5) is 12.8. The normalized spacial score (nSPS) is 17.6. The Bertz CT molecular complexity index is 608. The average molecular weight is 266 g/mol. The van der Waals surface area contributed by atoms with Crippen LogP contribution in [0.4, 0.5) is 11.5 Å². The summed E-state index contributed by atoms with van der Waals surface area (Å²) in [5.41, 5.74) is 2.15. The van der Waals surface area contributed by atoms with Crippen LogP contribution >= 0.6 is 0 Å². The van der Waals surface area contributed by atoms with Crippen molar-refractivity contribution in [2.24, 2.45) is 0 Å². The lowest BCUT2D eigenvalue weighted by Crippen LogP contribution is -2.14. The van der Waals surface area contributed by atoms with E-state index in [9.17, 15) is 0 Å². The molecule has 2 aromatic rings. The van der Waals surface area contributed by atoms with Crippen molar-refractivity contribution in [3.05, 3.63) is 42.1 Å². The summed E-state index contributed by atoms with van der Waals surface area (Å²) >= 11 is 0. The van der Waals surface area contributed by atoms with E-state index in [1.165, 1.54) is 6.42 Å². The van der Waals surface area contributed by atoms with Gasteiger partial charge in [0.25, 0.3) is 0 Å². The Kier molecular flexibility index (Phi) is 3.52. The number of nitrogens with zero attached hydrogens (tertiary/aromatic N) is 4. The Balaban J connectivity index is 1.69. The number of nitriles is 1. The average Bonchev–Trinajstić information content (AvgIpc) is 3.03. The molecule has 3 heterocycles. The van der Waals surface area contributed by atoms with E-state index in [0.29, 0.717) is 17.6 Å². The van der Waals surface area contributed by atoms with E-state index in [0.717, 1.165) is 24.3 Å². The first kappa shape index (κ1) is 12.5. The van der Waals surface area contributed by atoms with Crippen molar-refractivity contribution in [1.29, 1.82) is 5.26 Å². The van der Waals surface area contributed by atoms with Gasteiger partial charge in [-0.25, -0.2) is 9.97 Å². The zero-order valence-corrected chi connectivity index (χ0v) is 10.9. The molecule has 1 unspecified atom stereocenters. The van der Waals surface area contributed by atoms with Crippen molar-refractivity contribution >= 4 is 11.5 Å². The quantitative estimate of drug-likeness (QED) is 0.882. The topological polar surface area (TPSA) is 86.5 Å². The van der Waals surface area contributed by atoms with E-state index < -0.39 is 0 Å². The summed E-state index contributed by atoms with van der Waals surface area (Å²) < 4.78 is 0. The summed E-state index contributed by atoms with van der Waals surface area (Å²) in [7, 11) is 0. The molecule has 0 aliphatic carbocycles. The van der Waals surface area contributed by atoms with Gasteiger partial charge in [0, 0.05) is 0 Å². The molecule has 1 fully saturated rings. The van der Waals surface area contributed by atoms with Gasteiger partial charge in [-0.15, -0.1) is 0 Å². The number of rotatable bonds is 3. The third-order valence-corrected chi connectivity index (χ3v) is 3.24. The molecule has 0 bridgehead atoms. The third kappa shape index (κ3) is 2.73. The van der Waals surface area contributed by atoms with Crippen molar-refractivity contribution in [1.82, 2.24) is 20.3 Å². The van der Waals surface area contributed by atoms with E-state index >= 15 is 0 Å². The number of pyridine rings is 1. The van der Waals surface area contributed by atoms with Gasteiger partial charge in [-0.2, -0.15) is 5.26 Å². The predicted molar refractivity (Wildman–Crippen MR) is 74.2 cm³/mol. The van der Waals surface area contributed by atoms with Crippen LogP contribution in [0.15, 0.2) is 30.7 Å². The minimum absolute atomic E-state index is 0.327. The molecule has 1 aliphatic heterocycles. The van der Waals surface area contributed by atoms with Crippen LogP contribution < -0.4 is 10.6 Å². The molecule has 2 N–H and O–H groups in total. The molecule has 1 aliphatic rings. The van der Waals surface area contributed by atoms with Crippen molar-refractivity contribution in [3.8, 4) is 6.07 Å². The van der Waals surface area contributed by atoms with Crippen LogP contribution in [0.2, 0.25) is 0 Å². The smallest absolute Gasteiger partial charge is 0.148 e. The molecule has 0 aromatic carbocycles. The largest absolute Gasteiger partial charge is 0.338 e. The number of aromatic nitrogens is 3. The van der Waals surface area contributed by atoms with Gasteiger partial charge in [0.05, 0.1) is 36.0 Å². The molecule has 2 aromatic heterocycles. The van der Waals surface area contributed by atoms with E-state index in [-0.39, 0.29) is 0 Å². The second kappa shape index (κ2) is 5.63. The van der Waals surface area contributed by atoms with Crippen LogP contribution in [0.25, 0.3) is 0 Å². The zero-order valence-electron chi connectivity index (χ0n) is 10.9. The van der Waals surface area contributed by atoms with E-state index in [1.54, 1.807) is 30.7 Å². The number of nitrogens with one attached hydrogen (secondary N) is 2. The van der Waals surface area contributed by atoms with Crippen LogP contribution in [-0.2, 0) is 0 Å². The zero-order chi connectivity index (χ0) is 13.8. The fraction of sp³-hybridized carbons (Fsp3) is 0.286. The summed E-state index contributed by atoms with van der Waals surface area (Å²) in [5, 5.41) is 15.2. The summed E-state index contributed by atoms with van der Waals surface area (Å²) in [6.07, 6.45) is 7.41. The van der Waals surface area contributed by atoms with Gasteiger partial charge in [0.1, 0.15) is 17.6 Å². The molecule has 6 nitrogen and oxygen atoms in total. The van der Waals surface area contributed by atoms with Crippen LogP contribution in [0, 0.1) is 11.3 Å². The highest BCUT2D eigenvalue weighted by atomic mass is 15.0. The fourth-order valence-corrected chi connectivity index (χ4v) is 2.20. The summed E-state index contributed by atoms with van der Waals surface area (Å²) in [6, 6.07) is 5.76. The highest BCUT2D eigenvalue weighted by molar-refractivity contribution is 5.54. The van der Waals surface area contributed by atoms with Gasteiger partial charge in [0.15, 0.2) is 0 Å². The molecule has 6 heteroatoms. The fourth-order valence-electron chi connectivity index (χ4n) is 2.20. The van der Waals surface area contributed by atoms with E-state index in [2.05, 4.69) is 25.6 Å². The van der Waals surface area contributed by atoms with E-state index in [1.807, 2.05) is 6.07 Å². The van der Waals surface area contributed by atoms with E-state index in [4.69, 9.17) is 5.26 Å². The van der Waals surface area contributed by atoms with Crippen LogP contribution in [0.5, 0.6) is 0 Å². The molecule has 100 valence electrons. The molecule has 0 saturated carbocycles. The van der Waals surface area contributed by atoms with Gasteiger partial charge in [-0.1, -0.05) is 0 Å². The second-order valence-corrected chi connectivity index (χ2v) is 4.64. The van der Waals surface area contributed by atoms with Crippen LogP contribution in [0.3, 0.4) is 0 Å². The standard InChI is InChI=1S/C14H14N6/c15-6-10-3-4-11(7-17-10)20-14-9-18-13(8-19-14)12-2-1-5-16-12/h3-4,7-9,12,16H,1-2,5H2,(H,19,20). The molecule has 0 amide bonds. The van der Waals surface area contributed by atoms with Crippen molar-refractivity contribution in [2.75, 3.05) is 11.9 Å². The first-order chi connectivity index (χ1) is 9.85. The Morgan fingerprint density at radius 1 is 1.20 bits per heavy atom. The van der Waals surface area contributed by atoms with Gasteiger partial charge in [-0.3, -0.25) is 4.98 Å².